The highest BCUT2D eigenvalue weighted by atomic mass is 32.2. The van der Waals surface area contributed by atoms with E-state index in [0.29, 0.717) is 22.3 Å². The van der Waals surface area contributed by atoms with Crippen LogP contribution in [0, 0.1) is 20.8 Å². The summed E-state index contributed by atoms with van der Waals surface area (Å²) < 4.78 is 28.7. The fourth-order valence-electron chi connectivity index (χ4n) is 2.62. The third-order valence-electron chi connectivity index (χ3n) is 3.72. The first kappa shape index (κ1) is 15.0. The molecule has 6 heteroatoms. The Kier molecular flexibility index (Phi) is 3.88. The van der Waals surface area contributed by atoms with Crippen LogP contribution < -0.4 is 5.14 Å². The third-order valence-corrected chi connectivity index (χ3v) is 4.91. The van der Waals surface area contributed by atoms with Crippen LogP contribution in [0.2, 0.25) is 0 Å². The minimum Gasteiger partial charge on any atom is -0.459 e. The Morgan fingerprint density at radius 1 is 1.25 bits per heavy atom. The average Bonchev–Trinajstić information content (AvgIpc) is 2.20. The van der Waals surface area contributed by atoms with E-state index in [0.717, 1.165) is 19.3 Å². The molecule has 1 aliphatic rings. The second-order valence-electron chi connectivity index (χ2n) is 5.34. The predicted molar refractivity (Wildman–Crippen MR) is 75.1 cm³/mol. The van der Waals surface area contributed by atoms with Crippen LogP contribution in [0.5, 0.6) is 0 Å². The first-order valence-corrected chi connectivity index (χ1v) is 8.11. The molecule has 5 nitrogen and oxygen atoms in total. The second-order valence-corrected chi connectivity index (χ2v) is 6.84. The lowest BCUT2D eigenvalue weighted by Gasteiger charge is -2.26. The fraction of sp³-hybridized carbons (Fsp3) is 0.500. The topological polar surface area (TPSA) is 86.5 Å². The maximum absolute atomic E-state index is 12.2. The molecule has 1 aliphatic carbocycles. The second kappa shape index (κ2) is 5.18. The monoisotopic (exact) mass is 297 g/mol. The number of hydrogen-bond acceptors (Lipinski definition) is 4. The summed E-state index contributed by atoms with van der Waals surface area (Å²) in [6.45, 7) is 5.03. The normalized spacial score (nSPS) is 15.8. The summed E-state index contributed by atoms with van der Waals surface area (Å²) in [4.78, 5) is 12.2. The van der Waals surface area contributed by atoms with Gasteiger partial charge in [-0.3, -0.25) is 0 Å². The molecule has 0 aliphatic heterocycles. The molecule has 0 bridgehead atoms. The number of nitrogens with two attached hydrogens (primary N) is 1. The van der Waals surface area contributed by atoms with Crippen LogP contribution in [0.1, 0.15) is 46.3 Å². The van der Waals surface area contributed by atoms with E-state index >= 15 is 0 Å². The number of carbonyl (C=O) groups excluding carboxylic acids is 1. The smallest absolute Gasteiger partial charge is 0.338 e. The maximum atomic E-state index is 12.2. The Morgan fingerprint density at radius 2 is 1.85 bits per heavy atom. The Balaban J connectivity index is 2.49. The van der Waals surface area contributed by atoms with Gasteiger partial charge in [-0.2, -0.15) is 0 Å². The number of aryl methyl sites for hydroxylation is 2. The fourth-order valence-corrected chi connectivity index (χ4v) is 3.65. The molecule has 2 N–H and O–H groups in total. The molecule has 0 amide bonds. The van der Waals surface area contributed by atoms with Gasteiger partial charge in [-0.25, -0.2) is 18.4 Å². The van der Waals surface area contributed by atoms with Crippen molar-refractivity contribution in [1.29, 1.82) is 0 Å². The average molecular weight is 297 g/mol. The SMILES string of the molecule is Cc1cc(C)c(S(N)(=O)=O)c(C)c1C(=O)OC1CCC1. The summed E-state index contributed by atoms with van der Waals surface area (Å²) in [5.41, 5.74) is 1.93. The molecule has 1 aromatic carbocycles. The number of esters is 1. The van der Waals surface area contributed by atoms with E-state index in [-0.39, 0.29) is 11.0 Å². The number of carbonyl (C=O) groups is 1. The highest BCUT2D eigenvalue weighted by Crippen LogP contribution is 2.28. The van der Waals surface area contributed by atoms with Crippen LogP contribution in [0.15, 0.2) is 11.0 Å². The lowest BCUT2D eigenvalue weighted by molar-refractivity contribution is 0.00882. The summed E-state index contributed by atoms with van der Waals surface area (Å²) in [6, 6.07) is 1.66. The molecule has 0 radical (unpaired) electrons. The first-order valence-electron chi connectivity index (χ1n) is 6.56. The van der Waals surface area contributed by atoms with Gasteiger partial charge in [-0.15, -0.1) is 0 Å². The maximum Gasteiger partial charge on any atom is 0.338 e. The number of hydrogen-bond donors (Lipinski definition) is 1. The van der Waals surface area contributed by atoms with E-state index in [4.69, 9.17) is 9.88 Å². The van der Waals surface area contributed by atoms with Gasteiger partial charge >= 0.3 is 5.97 Å². The molecule has 2 rings (SSSR count). The van der Waals surface area contributed by atoms with E-state index in [1.54, 1.807) is 26.8 Å². The largest absolute Gasteiger partial charge is 0.459 e. The molecule has 0 saturated heterocycles. The van der Waals surface area contributed by atoms with Crippen molar-refractivity contribution in [3.8, 4) is 0 Å². The zero-order valence-corrected chi connectivity index (χ0v) is 12.7. The Labute approximate surface area is 119 Å². The van der Waals surface area contributed by atoms with Gasteiger partial charge < -0.3 is 4.74 Å². The number of sulfonamides is 1. The Hall–Kier alpha value is -1.40. The molecular formula is C14H19NO4S. The van der Waals surface area contributed by atoms with Crippen LogP contribution in [0.4, 0.5) is 0 Å². The summed E-state index contributed by atoms with van der Waals surface area (Å²) >= 11 is 0. The van der Waals surface area contributed by atoms with Crippen LogP contribution >= 0.6 is 0 Å². The summed E-state index contributed by atoms with van der Waals surface area (Å²) in [7, 11) is -3.86. The van der Waals surface area contributed by atoms with Gasteiger partial charge in [-0.1, -0.05) is 6.07 Å². The summed E-state index contributed by atoms with van der Waals surface area (Å²) in [5, 5.41) is 5.24. The van der Waals surface area contributed by atoms with Gasteiger partial charge in [0.05, 0.1) is 10.5 Å². The summed E-state index contributed by atoms with van der Waals surface area (Å²) in [5.74, 6) is -0.463. The van der Waals surface area contributed by atoms with E-state index in [1.165, 1.54) is 0 Å². The zero-order chi connectivity index (χ0) is 15.1. The number of rotatable bonds is 3. The van der Waals surface area contributed by atoms with Crippen LogP contribution in [-0.4, -0.2) is 20.5 Å². The van der Waals surface area contributed by atoms with Crippen molar-refractivity contribution in [2.24, 2.45) is 5.14 Å². The van der Waals surface area contributed by atoms with Crippen molar-refractivity contribution in [3.63, 3.8) is 0 Å². The minimum atomic E-state index is -3.86. The van der Waals surface area contributed by atoms with E-state index in [1.807, 2.05) is 0 Å². The number of primary sulfonamides is 1. The minimum absolute atomic E-state index is 0.0173. The van der Waals surface area contributed by atoms with Crippen molar-refractivity contribution < 1.29 is 17.9 Å². The Bertz CT molecular complexity index is 660. The van der Waals surface area contributed by atoms with Crippen LogP contribution in [0.25, 0.3) is 0 Å². The molecule has 1 aromatic rings. The molecule has 0 heterocycles. The molecule has 0 spiro atoms. The van der Waals surface area contributed by atoms with E-state index < -0.39 is 16.0 Å². The van der Waals surface area contributed by atoms with Crippen molar-refractivity contribution in [2.45, 2.75) is 51.0 Å². The van der Waals surface area contributed by atoms with Crippen molar-refractivity contribution in [2.75, 3.05) is 0 Å². The van der Waals surface area contributed by atoms with E-state index in [2.05, 4.69) is 0 Å². The van der Waals surface area contributed by atoms with Gasteiger partial charge in [0.2, 0.25) is 10.0 Å². The highest BCUT2D eigenvalue weighted by molar-refractivity contribution is 7.89. The van der Waals surface area contributed by atoms with Crippen molar-refractivity contribution in [1.82, 2.24) is 0 Å². The van der Waals surface area contributed by atoms with Gasteiger partial charge in [-0.05, 0) is 56.7 Å². The molecule has 110 valence electrons. The number of ether oxygens (including phenoxy) is 1. The van der Waals surface area contributed by atoms with Crippen LogP contribution in [0.3, 0.4) is 0 Å². The standard InChI is InChI=1S/C14H19NO4S/c1-8-7-9(2)13(20(15,17)18)10(3)12(8)14(16)19-11-5-4-6-11/h7,11H,4-6H2,1-3H3,(H2,15,17,18). The molecule has 0 aromatic heterocycles. The Morgan fingerprint density at radius 3 is 2.30 bits per heavy atom. The third kappa shape index (κ3) is 2.71. The molecule has 20 heavy (non-hydrogen) atoms. The molecule has 0 atom stereocenters. The lowest BCUT2D eigenvalue weighted by atomic mass is 9.95. The molecule has 1 saturated carbocycles. The highest BCUT2D eigenvalue weighted by Gasteiger charge is 2.27. The zero-order valence-electron chi connectivity index (χ0n) is 11.9. The van der Waals surface area contributed by atoms with Crippen molar-refractivity contribution in [3.05, 3.63) is 28.3 Å². The van der Waals surface area contributed by atoms with Gasteiger partial charge in [0, 0.05) is 0 Å². The first-order chi connectivity index (χ1) is 9.21. The van der Waals surface area contributed by atoms with E-state index in [9.17, 15) is 13.2 Å². The van der Waals surface area contributed by atoms with Gasteiger partial charge in [0.15, 0.2) is 0 Å². The summed E-state index contributed by atoms with van der Waals surface area (Å²) in [6.07, 6.45) is 2.77. The number of benzene rings is 1. The molecular weight excluding hydrogens is 278 g/mol. The van der Waals surface area contributed by atoms with Gasteiger partial charge in [0.1, 0.15) is 6.10 Å². The quantitative estimate of drug-likeness (QED) is 0.864. The molecule has 0 unspecified atom stereocenters. The lowest BCUT2D eigenvalue weighted by Crippen LogP contribution is -2.26. The predicted octanol–water partition coefficient (Wildman–Crippen LogP) is 1.97. The van der Waals surface area contributed by atoms with Crippen LogP contribution in [-0.2, 0) is 14.8 Å². The van der Waals surface area contributed by atoms with Crippen molar-refractivity contribution >= 4 is 16.0 Å². The van der Waals surface area contributed by atoms with Gasteiger partial charge in [0.25, 0.3) is 0 Å². The molecule has 1 fully saturated rings.